The van der Waals surface area contributed by atoms with Crippen LogP contribution in [0.1, 0.15) is 23.7 Å². The van der Waals surface area contributed by atoms with E-state index in [1.165, 1.54) is 4.90 Å². The van der Waals surface area contributed by atoms with E-state index in [4.69, 9.17) is 23.2 Å². The fourth-order valence-corrected chi connectivity index (χ4v) is 2.51. The van der Waals surface area contributed by atoms with Crippen LogP contribution < -0.4 is 0 Å². The molecule has 0 saturated carbocycles. The second-order valence-corrected chi connectivity index (χ2v) is 5.75. The Morgan fingerprint density at radius 1 is 1.37 bits per heavy atom. The first kappa shape index (κ1) is 14.5. The minimum absolute atomic E-state index is 0.169. The lowest BCUT2D eigenvalue weighted by molar-refractivity contribution is 0.0696. The van der Waals surface area contributed by atoms with Crippen LogP contribution in [-0.4, -0.2) is 29.3 Å². The lowest BCUT2D eigenvalue weighted by Gasteiger charge is -2.34. The number of carbonyl (C=O) groups is 1. The summed E-state index contributed by atoms with van der Waals surface area (Å²) in [5, 5.41) is -0.505. The molecule has 1 aliphatic heterocycles. The van der Waals surface area contributed by atoms with Crippen molar-refractivity contribution < 1.29 is 13.6 Å². The van der Waals surface area contributed by atoms with E-state index in [1.807, 2.05) is 6.92 Å². The van der Waals surface area contributed by atoms with Gasteiger partial charge in [0.1, 0.15) is 11.6 Å². The number of likely N-dealkylation sites (tertiary alicyclic amines) is 1. The number of alkyl halides is 1. The van der Waals surface area contributed by atoms with Gasteiger partial charge in [-0.05, 0) is 24.5 Å². The van der Waals surface area contributed by atoms with Gasteiger partial charge in [-0.2, -0.15) is 0 Å². The lowest BCUT2D eigenvalue weighted by atomic mass is 9.98. The largest absolute Gasteiger partial charge is 0.337 e. The first-order valence-corrected chi connectivity index (χ1v) is 6.79. The van der Waals surface area contributed by atoms with E-state index in [0.717, 1.165) is 18.6 Å². The molecule has 0 aliphatic carbocycles. The summed E-state index contributed by atoms with van der Waals surface area (Å²) in [5.41, 5.74) is -0.305. The summed E-state index contributed by atoms with van der Waals surface area (Å²) in [4.78, 5) is 13.6. The number of nitrogens with zero attached hydrogens (tertiary/aromatic N) is 1. The fraction of sp³-hybridized carbons (Fsp3) is 0.462. The van der Waals surface area contributed by atoms with Gasteiger partial charge >= 0.3 is 0 Å². The van der Waals surface area contributed by atoms with E-state index < -0.39 is 17.5 Å². The van der Waals surface area contributed by atoms with Crippen molar-refractivity contribution in [3.05, 3.63) is 34.4 Å². The Morgan fingerprint density at radius 2 is 2.05 bits per heavy atom. The topological polar surface area (TPSA) is 20.3 Å². The molecule has 2 atom stereocenters. The Hall–Kier alpha value is -0.870. The third-order valence-electron chi connectivity index (χ3n) is 3.39. The number of benzene rings is 1. The van der Waals surface area contributed by atoms with Gasteiger partial charge < -0.3 is 4.90 Å². The van der Waals surface area contributed by atoms with Crippen molar-refractivity contribution in [2.75, 3.05) is 13.1 Å². The molecule has 1 amide bonds. The molecule has 1 saturated heterocycles. The van der Waals surface area contributed by atoms with E-state index >= 15 is 0 Å². The molecule has 0 aromatic heterocycles. The molecule has 1 aromatic carbocycles. The van der Waals surface area contributed by atoms with Crippen LogP contribution in [0.3, 0.4) is 0 Å². The number of carbonyl (C=O) groups excluding carboxylic acids is 1. The van der Waals surface area contributed by atoms with Gasteiger partial charge in [-0.15, -0.1) is 11.6 Å². The van der Waals surface area contributed by atoms with Gasteiger partial charge in [0.25, 0.3) is 5.91 Å². The van der Waals surface area contributed by atoms with Gasteiger partial charge in [0.2, 0.25) is 0 Å². The van der Waals surface area contributed by atoms with E-state index in [2.05, 4.69) is 0 Å². The standard InChI is InChI=1S/C13H13Cl2F2NO/c1-7-2-3-18(6-10(7)15)13(19)8-4-12(17)9(14)5-11(8)16/h4-5,7,10H,2-3,6H2,1H3. The van der Waals surface area contributed by atoms with E-state index in [0.29, 0.717) is 19.0 Å². The van der Waals surface area contributed by atoms with E-state index in [1.54, 1.807) is 0 Å². The Balaban J connectivity index is 2.23. The second-order valence-electron chi connectivity index (χ2n) is 4.78. The van der Waals surface area contributed by atoms with Crippen molar-refractivity contribution in [2.45, 2.75) is 18.7 Å². The summed E-state index contributed by atoms with van der Waals surface area (Å²) >= 11 is 11.6. The highest BCUT2D eigenvalue weighted by Crippen LogP contribution is 2.25. The molecule has 0 bridgehead atoms. The molecular formula is C13H13Cl2F2NO. The van der Waals surface area contributed by atoms with Crippen LogP contribution in [0.5, 0.6) is 0 Å². The number of rotatable bonds is 1. The Morgan fingerprint density at radius 3 is 2.68 bits per heavy atom. The van der Waals surface area contributed by atoms with Gasteiger partial charge in [0.15, 0.2) is 0 Å². The first-order valence-electron chi connectivity index (χ1n) is 5.98. The van der Waals surface area contributed by atoms with Crippen molar-refractivity contribution in [3.8, 4) is 0 Å². The zero-order valence-corrected chi connectivity index (χ0v) is 11.8. The second kappa shape index (κ2) is 5.63. The molecule has 1 heterocycles. The van der Waals surface area contributed by atoms with Gasteiger partial charge in [-0.3, -0.25) is 4.79 Å². The van der Waals surface area contributed by atoms with Crippen molar-refractivity contribution >= 4 is 29.1 Å². The highest BCUT2D eigenvalue weighted by molar-refractivity contribution is 6.30. The van der Waals surface area contributed by atoms with Gasteiger partial charge in [0, 0.05) is 13.1 Å². The Labute approximate surface area is 120 Å². The maximum Gasteiger partial charge on any atom is 0.256 e. The number of hydrogen-bond acceptors (Lipinski definition) is 1. The number of piperidine rings is 1. The summed E-state index contributed by atoms with van der Waals surface area (Å²) in [7, 11) is 0. The van der Waals surface area contributed by atoms with Crippen molar-refractivity contribution in [2.24, 2.45) is 5.92 Å². The number of hydrogen-bond donors (Lipinski definition) is 0. The summed E-state index contributed by atoms with van der Waals surface area (Å²) in [6, 6.07) is 1.65. The highest BCUT2D eigenvalue weighted by Gasteiger charge is 2.29. The predicted octanol–water partition coefficient (Wildman–Crippen LogP) is 3.71. The predicted molar refractivity (Wildman–Crippen MR) is 70.7 cm³/mol. The summed E-state index contributed by atoms with van der Waals surface area (Å²) in [5.74, 6) is -1.87. The summed E-state index contributed by atoms with van der Waals surface area (Å²) in [6.07, 6.45) is 0.748. The smallest absolute Gasteiger partial charge is 0.256 e. The summed E-state index contributed by atoms with van der Waals surface area (Å²) < 4.78 is 27.0. The van der Waals surface area contributed by atoms with Crippen LogP contribution in [0.25, 0.3) is 0 Å². The Kier molecular flexibility index (Phi) is 4.31. The third kappa shape index (κ3) is 3.00. The summed E-state index contributed by atoms with van der Waals surface area (Å²) in [6.45, 7) is 2.83. The van der Waals surface area contributed by atoms with Crippen molar-refractivity contribution in [3.63, 3.8) is 0 Å². The molecule has 6 heteroatoms. The quantitative estimate of drug-likeness (QED) is 0.572. The molecule has 1 aliphatic rings. The molecule has 0 radical (unpaired) electrons. The maximum absolute atomic E-state index is 13.7. The van der Waals surface area contributed by atoms with E-state index in [9.17, 15) is 13.6 Å². The minimum atomic E-state index is -0.818. The fourth-order valence-electron chi connectivity index (χ4n) is 2.06. The van der Waals surface area contributed by atoms with Crippen LogP contribution in [0.15, 0.2) is 12.1 Å². The monoisotopic (exact) mass is 307 g/mol. The first-order chi connectivity index (χ1) is 8.90. The molecule has 0 N–H and O–H groups in total. The van der Waals surface area contributed by atoms with E-state index in [-0.39, 0.29) is 16.0 Å². The molecule has 104 valence electrons. The van der Waals surface area contributed by atoms with Crippen LogP contribution in [0.4, 0.5) is 8.78 Å². The molecule has 1 fully saturated rings. The van der Waals surface area contributed by atoms with Crippen LogP contribution in [0, 0.1) is 17.6 Å². The molecule has 1 aromatic rings. The molecule has 2 rings (SSSR count). The maximum atomic E-state index is 13.7. The number of halogens is 4. The average molecular weight is 308 g/mol. The molecule has 0 spiro atoms. The zero-order valence-electron chi connectivity index (χ0n) is 10.3. The SMILES string of the molecule is CC1CCN(C(=O)c2cc(F)c(Cl)cc2F)CC1Cl. The molecule has 2 nitrogen and oxygen atoms in total. The zero-order chi connectivity index (χ0) is 14.2. The van der Waals surface area contributed by atoms with Crippen molar-refractivity contribution in [1.82, 2.24) is 4.90 Å². The number of amides is 1. The normalized spacial score (nSPS) is 23.5. The average Bonchev–Trinajstić information content (AvgIpc) is 2.36. The third-order valence-corrected chi connectivity index (χ3v) is 4.25. The van der Waals surface area contributed by atoms with Gasteiger partial charge in [0.05, 0.1) is 16.0 Å². The minimum Gasteiger partial charge on any atom is -0.337 e. The highest BCUT2D eigenvalue weighted by atomic mass is 35.5. The van der Waals surface area contributed by atoms with Crippen LogP contribution in [0.2, 0.25) is 5.02 Å². The van der Waals surface area contributed by atoms with Gasteiger partial charge in [-0.25, -0.2) is 8.78 Å². The molecule has 19 heavy (non-hydrogen) atoms. The Bertz CT molecular complexity index is 510. The molecular weight excluding hydrogens is 295 g/mol. The lowest BCUT2D eigenvalue weighted by Crippen LogP contribution is -2.44. The molecule has 2 unspecified atom stereocenters. The van der Waals surface area contributed by atoms with Crippen LogP contribution in [-0.2, 0) is 0 Å². The van der Waals surface area contributed by atoms with Gasteiger partial charge in [-0.1, -0.05) is 18.5 Å². The van der Waals surface area contributed by atoms with Crippen LogP contribution >= 0.6 is 23.2 Å². The van der Waals surface area contributed by atoms with Crippen molar-refractivity contribution in [1.29, 1.82) is 0 Å².